The second-order valence-corrected chi connectivity index (χ2v) is 4.80. The van der Waals surface area contributed by atoms with E-state index in [-0.39, 0.29) is 0 Å². The highest BCUT2D eigenvalue weighted by Crippen LogP contribution is 2.25. The summed E-state index contributed by atoms with van der Waals surface area (Å²) in [5.74, 6) is 3.18. The van der Waals surface area contributed by atoms with Crippen LogP contribution in [0.3, 0.4) is 0 Å². The van der Waals surface area contributed by atoms with Crippen LogP contribution in [0.5, 0.6) is 23.0 Å². The van der Waals surface area contributed by atoms with E-state index in [1.54, 1.807) is 0 Å². The third kappa shape index (κ3) is 5.91. The topological polar surface area (TPSA) is 27.7 Å². The highest BCUT2D eigenvalue weighted by atomic mass is 16.5. The van der Waals surface area contributed by atoms with Crippen molar-refractivity contribution in [3.63, 3.8) is 0 Å². The molecule has 3 nitrogen and oxygen atoms in total. The Labute approximate surface area is 137 Å². The number of hydrogen-bond donors (Lipinski definition) is 0. The van der Waals surface area contributed by atoms with Crippen molar-refractivity contribution in [3.8, 4) is 23.0 Å². The van der Waals surface area contributed by atoms with Gasteiger partial charge >= 0.3 is 0 Å². The van der Waals surface area contributed by atoms with Crippen molar-refractivity contribution >= 4 is 0 Å². The average molecular weight is 310 g/mol. The predicted molar refractivity (Wildman–Crippen MR) is 93.6 cm³/mol. The Morgan fingerprint density at radius 2 is 0.957 bits per heavy atom. The zero-order valence-electron chi connectivity index (χ0n) is 13.6. The molecule has 0 aliphatic rings. The predicted octanol–water partition coefficient (Wildman–Crippen LogP) is 5.39. The molecule has 0 saturated carbocycles. The molecule has 120 valence electrons. The fourth-order valence-electron chi connectivity index (χ4n) is 1.83. The molecule has 0 aliphatic heterocycles. The van der Waals surface area contributed by atoms with Crippen LogP contribution in [0.25, 0.3) is 0 Å². The molecule has 0 radical (unpaired) electrons. The number of allylic oxidation sites excluding steroid dienone is 2. The smallest absolute Gasteiger partial charge is 0.127 e. The quantitative estimate of drug-likeness (QED) is 0.612. The van der Waals surface area contributed by atoms with Gasteiger partial charge in [-0.05, 0) is 62.4 Å². The van der Waals surface area contributed by atoms with Gasteiger partial charge < -0.3 is 14.2 Å². The largest absolute Gasteiger partial charge is 0.490 e. The Morgan fingerprint density at radius 3 is 1.30 bits per heavy atom. The van der Waals surface area contributed by atoms with E-state index in [0.29, 0.717) is 13.2 Å². The van der Waals surface area contributed by atoms with Crippen LogP contribution >= 0.6 is 0 Å². The van der Waals surface area contributed by atoms with Crippen molar-refractivity contribution in [2.75, 3.05) is 13.2 Å². The van der Waals surface area contributed by atoms with Crippen LogP contribution in [0.4, 0.5) is 0 Å². The molecule has 23 heavy (non-hydrogen) atoms. The molecule has 0 N–H and O–H groups in total. The Kier molecular flexibility index (Phi) is 6.79. The van der Waals surface area contributed by atoms with E-state index in [2.05, 4.69) is 0 Å². The van der Waals surface area contributed by atoms with Crippen LogP contribution in [0, 0.1) is 0 Å². The van der Waals surface area contributed by atoms with Crippen molar-refractivity contribution in [2.24, 2.45) is 0 Å². The number of benzene rings is 2. The highest BCUT2D eigenvalue weighted by Gasteiger charge is 1.99. The molecule has 0 heterocycles. The minimum atomic E-state index is 0.575. The van der Waals surface area contributed by atoms with Crippen molar-refractivity contribution in [1.29, 1.82) is 0 Å². The Morgan fingerprint density at radius 1 is 0.609 bits per heavy atom. The van der Waals surface area contributed by atoms with Gasteiger partial charge in [-0.2, -0.15) is 0 Å². The summed E-state index contributed by atoms with van der Waals surface area (Å²) in [6, 6.07) is 15.1. The van der Waals surface area contributed by atoms with Crippen molar-refractivity contribution in [2.45, 2.75) is 13.8 Å². The lowest BCUT2D eigenvalue weighted by Gasteiger charge is -2.08. The standard InChI is InChI=1S/C20H22O3/c1-3-5-15-21-17-7-11-19(12-8-17)23-20-13-9-18(10-14-20)22-16-6-4-2/h3-14H,15-16H2,1-2H3/b5-3+,6-4+. The van der Waals surface area contributed by atoms with Crippen LogP contribution in [-0.4, -0.2) is 13.2 Å². The first-order chi connectivity index (χ1) is 11.3. The average Bonchev–Trinajstić information content (AvgIpc) is 2.58. The minimum absolute atomic E-state index is 0.575. The summed E-state index contributed by atoms with van der Waals surface area (Å²) in [6.45, 7) is 5.09. The fourth-order valence-corrected chi connectivity index (χ4v) is 1.83. The van der Waals surface area contributed by atoms with Gasteiger partial charge in [-0.3, -0.25) is 0 Å². The van der Waals surface area contributed by atoms with Gasteiger partial charge in [0, 0.05) is 0 Å². The molecular formula is C20H22O3. The van der Waals surface area contributed by atoms with E-state index in [4.69, 9.17) is 14.2 Å². The molecule has 0 aliphatic carbocycles. The van der Waals surface area contributed by atoms with Crippen molar-refractivity contribution in [1.82, 2.24) is 0 Å². The maximum absolute atomic E-state index is 5.80. The van der Waals surface area contributed by atoms with Gasteiger partial charge in [0.2, 0.25) is 0 Å². The molecule has 0 amide bonds. The van der Waals surface area contributed by atoms with Gasteiger partial charge in [-0.1, -0.05) is 24.3 Å². The summed E-state index contributed by atoms with van der Waals surface area (Å²) in [5.41, 5.74) is 0. The van der Waals surface area contributed by atoms with Crippen molar-refractivity contribution < 1.29 is 14.2 Å². The van der Waals surface area contributed by atoms with E-state index >= 15 is 0 Å². The van der Waals surface area contributed by atoms with Gasteiger partial charge in [0.25, 0.3) is 0 Å². The van der Waals surface area contributed by atoms with Crippen LogP contribution in [0.2, 0.25) is 0 Å². The van der Waals surface area contributed by atoms with Gasteiger partial charge in [-0.15, -0.1) is 0 Å². The zero-order valence-corrected chi connectivity index (χ0v) is 13.6. The number of rotatable bonds is 8. The third-order valence-electron chi connectivity index (χ3n) is 3.05. The molecule has 0 atom stereocenters. The summed E-state index contributed by atoms with van der Waals surface area (Å²) < 4.78 is 16.9. The lowest BCUT2D eigenvalue weighted by molar-refractivity contribution is 0.361. The second kappa shape index (κ2) is 9.36. The molecule has 2 aromatic carbocycles. The normalized spacial score (nSPS) is 11.0. The monoisotopic (exact) mass is 310 g/mol. The summed E-state index contributed by atoms with van der Waals surface area (Å²) in [7, 11) is 0. The Balaban J connectivity index is 1.88. The summed E-state index contributed by atoms with van der Waals surface area (Å²) in [6.07, 6.45) is 7.85. The number of hydrogen-bond acceptors (Lipinski definition) is 3. The van der Waals surface area contributed by atoms with Gasteiger partial charge in [-0.25, -0.2) is 0 Å². The van der Waals surface area contributed by atoms with E-state index in [9.17, 15) is 0 Å². The summed E-state index contributed by atoms with van der Waals surface area (Å²) in [5, 5.41) is 0. The van der Waals surface area contributed by atoms with Crippen LogP contribution in [0.15, 0.2) is 72.8 Å². The fraction of sp³-hybridized carbons (Fsp3) is 0.200. The molecule has 0 bridgehead atoms. The van der Waals surface area contributed by atoms with Crippen LogP contribution in [0.1, 0.15) is 13.8 Å². The molecule has 2 aromatic rings. The van der Waals surface area contributed by atoms with Crippen LogP contribution < -0.4 is 14.2 Å². The third-order valence-corrected chi connectivity index (χ3v) is 3.05. The Bertz CT molecular complexity index is 567. The molecule has 2 rings (SSSR count). The van der Waals surface area contributed by atoms with E-state index in [1.807, 2.05) is 86.7 Å². The first-order valence-electron chi connectivity index (χ1n) is 7.67. The number of ether oxygens (including phenoxy) is 3. The molecule has 0 unspecified atom stereocenters. The molecule has 3 heteroatoms. The molecule has 0 fully saturated rings. The van der Waals surface area contributed by atoms with E-state index < -0.39 is 0 Å². The first kappa shape index (κ1) is 16.7. The first-order valence-corrected chi connectivity index (χ1v) is 7.67. The zero-order chi connectivity index (χ0) is 16.3. The van der Waals surface area contributed by atoms with E-state index in [0.717, 1.165) is 23.0 Å². The summed E-state index contributed by atoms with van der Waals surface area (Å²) >= 11 is 0. The molecular weight excluding hydrogens is 288 g/mol. The van der Waals surface area contributed by atoms with Gasteiger partial charge in [0.1, 0.15) is 36.2 Å². The van der Waals surface area contributed by atoms with E-state index in [1.165, 1.54) is 0 Å². The lowest BCUT2D eigenvalue weighted by atomic mass is 10.3. The molecule has 0 aromatic heterocycles. The lowest BCUT2D eigenvalue weighted by Crippen LogP contribution is -1.93. The maximum atomic E-state index is 5.80. The van der Waals surface area contributed by atoms with Crippen LogP contribution in [-0.2, 0) is 0 Å². The minimum Gasteiger partial charge on any atom is -0.490 e. The van der Waals surface area contributed by atoms with Gasteiger partial charge in [0.05, 0.1) is 0 Å². The maximum Gasteiger partial charge on any atom is 0.127 e. The second-order valence-electron chi connectivity index (χ2n) is 4.80. The van der Waals surface area contributed by atoms with Gasteiger partial charge in [0.15, 0.2) is 0 Å². The highest BCUT2D eigenvalue weighted by molar-refractivity contribution is 5.37. The Hall–Kier alpha value is -2.68. The van der Waals surface area contributed by atoms with Crippen molar-refractivity contribution in [3.05, 3.63) is 72.8 Å². The SMILES string of the molecule is C/C=C/COc1ccc(Oc2ccc(OC/C=C/C)cc2)cc1. The molecule has 0 saturated heterocycles. The summed E-state index contributed by atoms with van der Waals surface area (Å²) in [4.78, 5) is 0. The molecule has 0 spiro atoms.